The van der Waals surface area contributed by atoms with E-state index in [1.807, 2.05) is 6.07 Å². The highest BCUT2D eigenvalue weighted by molar-refractivity contribution is 7.91. The number of aliphatic hydroxyl groups is 1. The number of aliphatic hydroxyl groups excluding tert-OH is 1. The summed E-state index contributed by atoms with van der Waals surface area (Å²) in [6.45, 7) is 0.987. The number of sulfone groups is 1. The summed E-state index contributed by atoms with van der Waals surface area (Å²) in [5.41, 5.74) is 2.19. The van der Waals surface area contributed by atoms with Gasteiger partial charge in [-0.15, -0.1) is 12.4 Å². The summed E-state index contributed by atoms with van der Waals surface area (Å²) in [6, 6.07) is 19.9. The highest BCUT2D eigenvalue weighted by atomic mass is 35.5. The van der Waals surface area contributed by atoms with Crippen molar-refractivity contribution in [2.75, 3.05) is 13.1 Å². The van der Waals surface area contributed by atoms with E-state index in [4.69, 9.17) is 16.7 Å². The van der Waals surface area contributed by atoms with Crippen molar-refractivity contribution in [3.63, 3.8) is 0 Å². The van der Waals surface area contributed by atoms with Crippen LogP contribution >= 0.6 is 24.0 Å². The number of halogens is 2. The van der Waals surface area contributed by atoms with Gasteiger partial charge in [0.2, 0.25) is 9.84 Å². The predicted molar refractivity (Wildman–Crippen MR) is 135 cm³/mol. The molecule has 0 saturated carbocycles. The Bertz CT molecular complexity index is 1240. The van der Waals surface area contributed by atoms with Gasteiger partial charge in [-0.2, -0.15) is 0 Å². The van der Waals surface area contributed by atoms with Crippen LogP contribution in [0.5, 0.6) is 0 Å². The minimum absolute atomic E-state index is 0. The third-order valence-corrected chi connectivity index (χ3v) is 6.98. The second-order valence-corrected chi connectivity index (χ2v) is 9.80. The molecule has 0 bridgehead atoms. The molecule has 0 fully saturated rings. The quantitative estimate of drug-likeness (QED) is 0.267. The molecule has 180 valence electrons. The normalized spacial score (nSPS) is 12.3. The molecule has 0 heterocycles. The van der Waals surface area contributed by atoms with Crippen LogP contribution in [-0.4, -0.2) is 37.7 Å². The summed E-state index contributed by atoms with van der Waals surface area (Å²) in [7, 11) is -3.73. The lowest BCUT2D eigenvalue weighted by atomic mass is 10.1. The monoisotopic (exact) mass is 521 g/mol. The van der Waals surface area contributed by atoms with Crippen LogP contribution in [0.15, 0.2) is 88.7 Å². The lowest BCUT2D eigenvalue weighted by Gasteiger charge is -2.13. The summed E-state index contributed by atoms with van der Waals surface area (Å²) in [5.74, 6) is -1.10. The highest BCUT2D eigenvalue weighted by Gasteiger charge is 2.17. The Morgan fingerprint density at radius 3 is 2.38 bits per heavy atom. The molecule has 0 aliphatic carbocycles. The maximum absolute atomic E-state index is 12.9. The first kappa shape index (κ1) is 27.6. The minimum Gasteiger partial charge on any atom is -0.478 e. The fourth-order valence-corrected chi connectivity index (χ4v) is 4.74. The fraction of sp³-hybridized carbons (Fsp3) is 0.160. The Hall–Kier alpha value is -2.68. The van der Waals surface area contributed by atoms with E-state index in [-0.39, 0.29) is 22.2 Å². The molecule has 3 aromatic rings. The van der Waals surface area contributed by atoms with Gasteiger partial charge in [0.1, 0.15) is 0 Å². The van der Waals surface area contributed by atoms with E-state index in [9.17, 15) is 18.3 Å². The number of carboxylic acids is 1. The molecule has 34 heavy (non-hydrogen) atoms. The molecule has 0 amide bonds. The molecule has 0 aromatic heterocycles. The first-order valence-corrected chi connectivity index (χ1v) is 12.1. The zero-order valence-corrected chi connectivity index (χ0v) is 20.5. The van der Waals surface area contributed by atoms with Gasteiger partial charge in [0.25, 0.3) is 0 Å². The van der Waals surface area contributed by atoms with Gasteiger partial charge in [0.05, 0.1) is 15.9 Å². The lowest BCUT2D eigenvalue weighted by molar-refractivity contribution is -0.131. The molecular formula is C25H25Cl2NO5S. The average Bonchev–Trinajstić information content (AvgIpc) is 2.81. The van der Waals surface area contributed by atoms with Crippen LogP contribution in [0.25, 0.3) is 6.08 Å². The molecular weight excluding hydrogens is 497 g/mol. The van der Waals surface area contributed by atoms with Crippen molar-refractivity contribution in [3.05, 3.63) is 101 Å². The van der Waals surface area contributed by atoms with E-state index in [0.29, 0.717) is 30.1 Å². The molecule has 0 aliphatic rings. The second kappa shape index (κ2) is 12.7. The Morgan fingerprint density at radius 1 is 1.00 bits per heavy atom. The van der Waals surface area contributed by atoms with Gasteiger partial charge < -0.3 is 15.5 Å². The lowest BCUT2D eigenvalue weighted by Crippen LogP contribution is -2.23. The van der Waals surface area contributed by atoms with Gasteiger partial charge in [-0.05, 0) is 72.1 Å². The first-order chi connectivity index (χ1) is 15.8. The van der Waals surface area contributed by atoms with Crippen molar-refractivity contribution >= 4 is 45.9 Å². The summed E-state index contributed by atoms with van der Waals surface area (Å²) in [4.78, 5) is 10.9. The Balaban J connectivity index is 0.00000408. The molecule has 6 nitrogen and oxygen atoms in total. The molecule has 0 unspecified atom stereocenters. The Kier molecular flexibility index (Phi) is 10.3. The van der Waals surface area contributed by atoms with Gasteiger partial charge in [0, 0.05) is 17.6 Å². The molecule has 9 heteroatoms. The number of carbonyl (C=O) groups is 1. The van der Waals surface area contributed by atoms with Crippen molar-refractivity contribution in [1.82, 2.24) is 5.32 Å². The van der Waals surface area contributed by atoms with E-state index in [2.05, 4.69) is 5.32 Å². The van der Waals surface area contributed by atoms with Crippen LogP contribution in [0, 0.1) is 0 Å². The molecule has 0 saturated heterocycles. The topological polar surface area (TPSA) is 104 Å². The van der Waals surface area contributed by atoms with Crippen LogP contribution in [0.3, 0.4) is 0 Å². The van der Waals surface area contributed by atoms with E-state index < -0.39 is 21.9 Å². The maximum Gasteiger partial charge on any atom is 0.328 e. The first-order valence-electron chi connectivity index (χ1n) is 10.2. The predicted octanol–water partition coefficient (Wildman–Crippen LogP) is 4.56. The van der Waals surface area contributed by atoms with E-state index in [1.165, 1.54) is 18.2 Å². The number of hydrogen-bond donors (Lipinski definition) is 3. The SMILES string of the molecule is Cl.O=C(O)C=Cc1cccc(S(=O)(=O)c2ccc(CCNC[C@H](O)c3cccc(Cl)c3)cc2)c1. The number of hydrogen-bond acceptors (Lipinski definition) is 5. The summed E-state index contributed by atoms with van der Waals surface area (Å²) >= 11 is 5.95. The largest absolute Gasteiger partial charge is 0.478 e. The highest BCUT2D eigenvalue weighted by Crippen LogP contribution is 2.23. The molecule has 0 radical (unpaired) electrons. The van der Waals surface area contributed by atoms with E-state index in [0.717, 1.165) is 17.2 Å². The number of aliphatic carboxylic acids is 1. The fourth-order valence-electron chi connectivity index (χ4n) is 3.23. The Labute approximate surface area is 210 Å². The number of benzene rings is 3. The van der Waals surface area contributed by atoms with Crippen LogP contribution < -0.4 is 5.32 Å². The smallest absolute Gasteiger partial charge is 0.328 e. The van der Waals surface area contributed by atoms with Crippen LogP contribution in [-0.2, 0) is 21.1 Å². The summed E-state index contributed by atoms with van der Waals surface area (Å²) in [5, 5.41) is 22.7. The molecule has 3 N–H and O–H groups in total. The second-order valence-electron chi connectivity index (χ2n) is 7.42. The maximum atomic E-state index is 12.9. The summed E-state index contributed by atoms with van der Waals surface area (Å²) in [6.07, 6.45) is 2.30. The van der Waals surface area contributed by atoms with Crippen molar-refractivity contribution in [1.29, 1.82) is 0 Å². The third-order valence-electron chi connectivity index (χ3n) is 4.98. The van der Waals surface area contributed by atoms with E-state index >= 15 is 0 Å². The van der Waals surface area contributed by atoms with Crippen molar-refractivity contribution in [3.8, 4) is 0 Å². The third kappa shape index (κ3) is 7.68. The van der Waals surface area contributed by atoms with Crippen molar-refractivity contribution < 1.29 is 23.4 Å². The minimum atomic E-state index is -3.73. The van der Waals surface area contributed by atoms with Gasteiger partial charge in [-0.1, -0.05) is 48.0 Å². The van der Waals surface area contributed by atoms with E-state index in [1.54, 1.807) is 54.6 Å². The molecule has 0 aliphatic heterocycles. The number of rotatable bonds is 10. The van der Waals surface area contributed by atoms with Crippen molar-refractivity contribution in [2.45, 2.75) is 22.3 Å². The zero-order chi connectivity index (χ0) is 23.8. The van der Waals surface area contributed by atoms with Crippen LogP contribution in [0.2, 0.25) is 5.02 Å². The number of nitrogens with one attached hydrogen (secondary N) is 1. The molecule has 1 atom stereocenters. The standard InChI is InChI=1S/C25H24ClNO5S.ClH/c26-21-5-2-4-20(16-21)24(28)17-27-14-13-18-7-10-22(11-8-18)33(31,32)23-6-1-3-19(15-23)9-12-25(29)30;/h1-12,15-16,24,27-28H,13-14,17H2,(H,29,30);1H/t24-;/m0./s1. The Morgan fingerprint density at radius 2 is 1.71 bits per heavy atom. The average molecular weight is 522 g/mol. The molecule has 3 aromatic carbocycles. The van der Waals surface area contributed by atoms with Gasteiger partial charge in [-0.3, -0.25) is 0 Å². The summed E-state index contributed by atoms with van der Waals surface area (Å²) < 4.78 is 25.9. The number of carboxylic acid groups (broad SMARTS) is 1. The van der Waals surface area contributed by atoms with Gasteiger partial charge in [0.15, 0.2) is 0 Å². The van der Waals surface area contributed by atoms with Gasteiger partial charge >= 0.3 is 5.97 Å². The zero-order valence-electron chi connectivity index (χ0n) is 18.1. The van der Waals surface area contributed by atoms with Crippen molar-refractivity contribution in [2.24, 2.45) is 0 Å². The molecule has 0 spiro atoms. The van der Waals surface area contributed by atoms with Crippen LogP contribution in [0.1, 0.15) is 22.8 Å². The van der Waals surface area contributed by atoms with Gasteiger partial charge in [-0.25, -0.2) is 13.2 Å². The van der Waals surface area contributed by atoms with Crippen LogP contribution in [0.4, 0.5) is 0 Å². The molecule has 3 rings (SSSR count).